The number of amides is 1. The molecule has 0 unspecified atom stereocenters. The molecule has 0 spiro atoms. The van der Waals surface area contributed by atoms with E-state index >= 15 is 0 Å². The summed E-state index contributed by atoms with van der Waals surface area (Å²) in [5, 5.41) is 6.47. The Morgan fingerprint density at radius 1 is 1.19 bits per heavy atom. The van der Waals surface area contributed by atoms with Gasteiger partial charge in [0.25, 0.3) is 0 Å². The van der Waals surface area contributed by atoms with E-state index in [0.717, 1.165) is 22.1 Å². The van der Waals surface area contributed by atoms with Gasteiger partial charge < -0.3 is 18.9 Å². The first-order valence-corrected chi connectivity index (χ1v) is 14.3. The molecule has 196 valence electrons. The van der Waals surface area contributed by atoms with Gasteiger partial charge in [0, 0.05) is 22.4 Å². The van der Waals surface area contributed by atoms with Crippen molar-refractivity contribution in [3.05, 3.63) is 67.9 Å². The molecule has 1 amide bonds. The number of hydrogen-bond acceptors (Lipinski definition) is 8. The molecule has 0 aliphatic rings. The van der Waals surface area contributed by atoms with E-state index in [1.165, 1.54) is 11.3 Å². The first-order chi connectivity index (χ1) is 17.6. The second-order valence-corrected chi connectivity index (χ2v) is 12.0. The van der Waals surface area contributed by atoms with Crippen LogP contribution in [0.3, 0.4) is 0 Å². The molecule has 0 bridgehead atoms. The summed E-state index contributed by atoms with van der Waals surface area (Å²) >= 11 is 2.95. The molecule has 4 rings (SSSR count). The zero-order valence-electron chi connectivity index (χ0n) is 21.6. The molecule has 0 aliphatic carbocycles. The maximum absolute atomic E-state index is 13.0. The number of rotatable bonds is 9. The predicted molar refractivity (Wildman–Crippen MR) is 149 cm³/mol. The van der Waals surface area contributed by atoms with E-state index in [1.807, 2.05) is 24.6 Å². The quantitative estimate of drug-likeness (QED) is 0.210. The average Bonchev–Trinajstić information content (AvgIpc) is 3.52. The first kappa shape index (κ1) is 27.0. The van der Waals surface area contributed by atoms with Crippen molar-refractivity contribution >= 4 is 56.9 Å². The molecule has 37 heavy (non-hydrogen) atoms. The van der Waals surface area contributed by atoms with Gasteiger partial charge in [-0.3, -0.25) is 4.79 Å². The molecule has 7 nitrogen and oxygen atoms in total. The molecule has 1 N–H and O–H groups in total. The number of carbonyl (C=O) groups excluding carboxylic acids is 2. The van der Waals surface area contributed by atoms with Gasteiger partial charge in [-0.05, 0) is 53.8 Å². The van der Waals surface area contributed by atoms with Gasteiger partial charge in [0.2, 0.25) is 5.91 Å². The highest BCUT2D eigenvalue weighted by Gasteiger charge is 2.23. The SMILES string of the molecule is CSCC[C@@H](COC(=O)c1cccs1)NC(=O)Cc1c(C)c2cc3c(C(C)(C)C)coc3cc2oc1=O. The number of carbonyl (C=O) groups is 2. The normalized spacial score (nSPS) is 12.7. The summed E-state index contributed by atoms with van der Waals surface area (Å²) < 4.78 is 16.8. The summed E-state index contributed by atoms with van der Waals surface area (Å²) in [5.41, 5.74) is 2.48. The number of benzene rings is 1. The number of nitrogens with one attached hydrogen (secondary N) is 1. The van der Waals surface area contributed by atoms with Crippen LogP contribution in [0.4, 0.5) is 0 Å². The number of ether oxygens (including phenoxy) is 1. The highest BCUT2D eigenvalue weighted by molar-refractivity contribution is 7.98. The molecular formula is C28H31NO6S2. The smallest absolute Gasteiger partial charge is 0.348 e. The minimum absolute atomic E-state index is 0.0579. The second kappa shape index (κ2) is 11.1. The van der Waals surface area contributed by atoms with Crippen molar-refractivity contribution in [3.8, 4) is 0 Å². The number of fused-ring (bicyclic) bond motifs is 2. The molecule has 1 atom stereocenters. The van der Waals surface area contributed by atoms with E-state index in [-0.39, 0.29) is 30.4 Å². The van der Waals surface area contributed by atoms with E-state index in [1.54, 1.807) is 36.2 Å². The van der Waals surface area contributed by atoms with Crippen LogP contribution < -0.4 is 10.9 Å². The lowest BCUT2D eigenvalue weighted by Gasteiger charge is -2.19. The fraction of sp³-hybridized carbons (Fsp3) is 0.393. The molecule has 4 aromatic rings. The Hall–Kier alpha value is -3.04. The summed E-state index contributed by atoms with van der Waals surface area (Å²) in [5.74, 6) is 0.0486. The predicted octanol–water partition coefficient (Wildman–Crippen LogP) is 5.84. The summed E-state index contributed by atoms with van der Waals surface area (Å²) in [6.45, 7) is 8.22. The van der Waals surface area contributed by atoms with Gasteiger partial charge >= 0.3 is 11.6 Å². The van der Waals surface area contributed by atoms with E-state index in [0.29, 0.717) is 33.6 Å². The van der Waals surface area contributed by atoms with Gasteiger partial charge in [0.05, 0.1) is 24.3 Å². The molecule has 3 heterocycles. The number of hydrogen-bond donors (Lipinski definition) is 1. The molecule has 0 saturated carbocycles. The average molecular weight is 542 g/mol. The third-order valence-electron chi connectivity index (χ3n) is 6.30. The number of aryl methyl sites for hydroxylation is 1. The lowest BCUT2D eigenvalue weighted by molar-refractivity contribution is -0.121. The molecule has 0 radical (unpaired) electrons. The summed E-state index contributed by atoms with van der Waals surface area (Å²) in [6, 6.07) is 6.83. The zero-order chi connectivity index (χ0) is 26.7. The molecule has 0 fully saturated rings. The highest BCUT2D eigenvalue weighted by atomic mass is 32.2. The summed E-state index contributed by atoms with van der Waals surface area (Å²) in [7, 11) is 0. The molecule has 1 aromatic carbocycles. The Labute approximate surface area is 223 Å². The zero-order valence-corrected chi connectivity index (χ0v) is 23.3. The van der Waals surface area contributed by atoms with Crippen LogP contribution in [0.15, 0.2) is 49.5 Å². The van der Waals surface area contributed by atoms with Crippen molar-refractivity contribution in [1.29, 1.82) is 0 Å². The van der Waals surface area contributed by atoms with Crippen molar-refractivity contribution in [2.24, 2.45) is 0 Å². The van der Waals surface area contributed by atoms with Crippen LogP contribution in [0.1, 0.15) is 53.6 Å². The number of furan rings is 1. The maximum Gasteiger partial charge on any atom is 0.348 e. The third-order valence-corrected chi connectivity index (χ3v) is 7.79. The Morgan fingerprint density at radius 3 is 2.65 bits per heavy atom. The number of thiophene rings is 1. The lowest BCUT2D eigenvalue weighted by atomic mass is 9.86. The van der Waals surface area contributed by atoms with Crippen molar-refractivity contribution < 1.29 is 23.2 Å². The minimum Gasteiger partial charge on any atom is -0.464 e. The van der Waals surface area contributed by atoms with Crippen LogP contribution in [0.5, 0.6) is 0 Å². The highest BCUT2D eigenvalue weighted by Crippen LogP contribution is 2.35. The van der Waals surface area contributed by atoms with Crippen LogP contribution in [0.25, 0.3) is 21.9 Å². The van der Waals surface area contributed by atoms with Gasteiger partial charge in [0.15, 0.2) is 0 Å². The van der Waals surface area contributed by atoms with Crippen molar-refractivity contribution in [3.63, 3.8) is 0 Å². The second-order valence-electron chi connectivity index (χ2n) is 10.0. The third kappa shape index (κ3) is 6.10. The Kier molecular flexibility index (Phi) is 8.14. The van der Waals surface area contributed by atoms with Gasteiger partial charge in [-0.25, -0.2) is 9.59 Å². The molecular weight excluding hydrogens is 510 g/mol. The van der Waals surface area contributed by atoms with E-state index in [2.05, 4.69) is 26.1 Å². The van der Waals surface area contributed by atoms with Crippen LogP contribution >= 0.6 is 23.1 Å². The van der Waals surface area contributed by atoms with E-state index in [4.69, 9.17) is 13.6 Å². The standard InChI is InChI=1S/C28H31NO6S2/c1-16-18-11-20-21(28(2,3)4)15-33-22(20)13-23(18)35-26(31)19(16)12-25(30)29-17(8-10-36-5)14-34-27(32)24-7-6-9-37-24/h6-7,9,11,13,15,17H,8,10,12,14H2,1-5H3,(H,29,30)/t17-/m0/s1. The van der Waals surface area contributed by atoms with Crippen molar-refractivity contribution in [2.75, 3.05) is 18.6 Å². The number of esters is 1. The lowest BCUT2D eigenvalue weighted by Crippen LogP contribution is -2.40. The Morgan fingerprint density at radius 2 is 1.97 bits per heavy atom. The number of thioether (sulfide) groups is 1. The monoisotopic (exact) mass is 541 g/mol. The van der Waals surface area contributed by atoms with Crippen LogP contribution in [0, 0.1) is 6.92 Å². The van der Waals surface area contributed by atoms with Crippen LogP contribution in [-0.2, 0) is 21.4 Å². The molecule has 3 aromatic heterocycles. The fourth-order valence-corrected chi connectivity index (χ4v) is 5.37. The largest absolute Gasteiger partial charge is 0.464 e. The molecule has 9 heteroatoms. The van der Waals surface area contributed by atoms with Crippen LogP contribution in [-0.4, -0.2) is 36.5 Å². The van der Waals surface area contributed by atoms with Crippen molar-refractivity contribution in [1.82, 2.24) is 5.32 Å². The van der Waals surface area contributed by atoms with Gasteiger partial charge in [-0.1, -0.05) is 26.8 Å². The molecule has 0 saturated heterocycles. The first-order valence-electron chi connectivity index (χ1n) is 12.1. The maximum atomic E-state index is 13.0. The Bertz CT molecular complexity index is 1480. The van der Waals surface area contributed by atoms with Gasteiger partial charge in [0.1, 0.15) is 22.7 Å². The minimum atomic E-state index is -0.549. The van der Waals surface area contributed by atoms with Crippen molar-refractivity contribution in [2.45, 2.75) is 52.0 Å². The topological polar surface area (TPSA) is 98.8 Å². The van der Waals surface area contributed by atoms with Gasteiger partial charge in [-0.2, -0.15) is 11.8 Å². The summed E-state index contributed by atoms with van der Waals surface area (Å²) in [4.78, 5) is 38.6. The van der Waals surface area contributed by atoms with Crippen LogP contribution in [0.2, 0.25) is 0 Å². The van der Waals surface area contributed by atoms with Gasteiger partial charge in [-0.15, -0.1) is 11.3 Å². The summed E-state index contributed by atoms with van der Waals surface area (Å²) in [6.07, 6.45) is 4.21. The fourth-order valence-electron chi connectivity index (χ4n) is 4.23. The van der Waals surface area contributed by atoms with E-state index < -0.39 is 11.6 Å². The Balaban J connectivity index is 1.55. The molecule has 0 aliphatic heterocycles. The van der Waals surface area contributed by atoms with E-state index in [9.17, 15) is 14.4 Å².